The van der Waals surface area contributed by atoms with Crippen LogP contribution in [0, 0.1) is 19.7 Å². The summed E-state index contributed by atoms with van der Waals surface area (Å²) in [6, 6.07) is 10.2. The number of nitrogens with zero attached hydrogens (tertiary/aromatic N) is 1. The number of carbonyl (C=O) groups excluding carboxylic acids is 1. The van der Waals surface area contributed by atoms with E-state index in [9.17, 15) is 14.3 Å². The number of aryl methyl sites for hydroxylation is 2. The molecular weight excluding hydrogens is 467 g/mol. The summed E-state index contributed by atoms with van der Waals surface area (Å²) < 4.78 is 13.1. The molecule has 1 amide bonds. The number of carbonyl (C=O) groups is 1. The van der Waals surface area contributed by atoms with Crippen molar-refractivity contribution in [1.29, 1.82) is 0 Å². The lowest BCUT2D eigenvalue weighted by Crippen LogP contribution is -2.46. The number of thiophene rings is 2. The minimum absolute atomic E-state index is 0.0513. The van der Waals surface area contributed by atoms with Gasteiger partial charge in [-0.2, -0.15) is 0 Å². The lowest BCUT2D eigenvalue weighted by molar-refractivity contribution is -0.126. The van der Waals surface area contributed by atoms with Crippen molar-refractivity contribution in [3.05, 3.63) is 85.5 Å². The molecule has 2 heterocycles. The van der Waals surface area contributed by atoms with Crippen molar-refractivity contribution in [2.45, 2.75) is 39.2 Å². The molecule has 2 N–H and O–H groups in total. The van der Waals surface area contributed by atoms with E-state index in [2.05, 4.69) is 48.1 Å². The van der Waals surface area contributed by atoms with Crippen LogP contribution in [0.25, 0.3) is 5.57 Å². The summed E-state index contributed by atoms with van der Waals surface area (Å²) in [6.07, 6.45) is 4.08. The minimum Gasteiger partial charge on any atom is -0.396 e. The summed E-state index contributed by atoms with van der Waals surface area (Å²) in [4.78, 5) is 17.4. The predicted molar refractivity (Wildman–Crippen MR) is 141 cm³/mol. The van der Waals surface area contributed by atoms with Gasteiger partial charge in [-0.3, -0.25) is 9.69 Å². The monoisotopic (exact) mass is 500 g/mol. The van der Waals surface area contributed by atoms with Gasteiger partial charge in [-0.1, -0.05) is 18.2 Å². The molecule has 0 radical (unpaired) electrons. The molecule has 1 aromatic carbocycles. The van der Waals surface area contributed by atoms with Crippen LogP contribution in [-0.2, 0) is 11.2 Å². The highest BCUT2D eigenvalue weighted by molar-refractivity contribution is 7.14. The van der Waals surface area contributed by atoms with Gasteiger partial charge in [0.15, 0.2) is 0 Å². The van der Waals surface area contributed by atoms with Crippen LogP contribution in [0.15, 0.2) is 53.2 Å². The Bertz CT molecular complexity index is 1050. The first-order valence-corrected chi connectivity index (χ1v) is 13.3. The molecule has 3 rings (SSSR count). The predicted octanol–water partition coefficient (Wildman–Crippen LogP) is 5.43. The van der Waals surface area contributed by atoms with Crippen LogP contribution in [0.2, 0.25) is 0 Å². The van der Waals surface area contributed by atoms with E-state index in [-0.39, 0.29) is 18.3 Å². The molecule has 4 nitrogen and oxygen atoms in total. The fraction of sp³-hybridized carbons (Fsp3) is 0.370. The van der Waals surface area contributed by atoms with E-state index in [0.717, 1.165) is 12.0 Å². The number of aliphatic hydroxyl groups excluding tert-OH is 1. The standard InChI is InChI=1S/C27H33FN2O2S2/c1-19-12-17-33-25(19)23(26-20(2)13-18-34-26)5-4-15-30(3)24(11-16-31)27(32)29-14-10-21-6-8-22(28)9-7-21/h5-9,12-13,17-18,24,31H,4,10-11,14-16H2,1-3H3,(H,29,32). The van der Waals surface area contributed by atoms with Crippen molar-refractivity contribution < 1.29 is 14.3 Å². The highest BCUT2D eigenvalue weighted by atomic mass is 32.1. The van der Waals surface area contributed by atoms with Crippen LogP contribution in [0.3, 0.4) is 0 Å². The maximum absolute atomic E-state index is 13.1. The molecule has 0 aliphatic carbocycles. The van der Waals surface area contributed by atoms with Crippen LogP contribution < -0.4 is 5.32 Å². The number of amides is 1. The van der Waals surface area contributed by atoms with Gasteiger partial charge in [0.1, 0.15) is 5.82 Å². The summed E-state index contributed by atoms with van der Waals surface area (Å²) in [7, 11) is 1.93. The molecule has 182 valence electrons. The van der Waals surface area contributed by atoms with Gasteiger partial charge in [0.2, 0.25) is 5.91 Å². The Balaban J connectivity index is 1.61. The Morgan fingerprint density at radius 3 is 2.24 bits per heavy atom. The van der Waals surface area contributed by atoms with E-state index >= 15 is 0 Å². The highest BCUT2D eigenvalue weighted by Gasteiger charge is 2.22. The lowest BCUT2D eigenvalue weighted by Gasteiger charge is -2.26. The summed E-state index contributed by atoms with van der Waals surface area (Å²) in [5, 5.41) is 16.8. The quantitative estimate of drug-likeness (QED) is 0.349. The number of nitrogens with one attached hydrogen (secondary N) is 1. The third-order valence-electron chi connectivity index (χ3n) is 5.91. The number of rotatable bonds is 12. The average molecular weight is 501 g/mol. The fourth-order valence-electron chi connectivity index (χ4n) is 3.93. The second kappa shape index (κ2) is 13.0. The molecule has 0 saturated carbocycles. The Morgan fingerprint density at radius 2 is 1.71 bits per heavy atom. The van der Waals surface area contributed by atoms with Crippen molar-refractivity contribution in [2.24, 2.45) is 0 Å². The topological polar surface area (TPSA) is 52.6 Å². The Morgan fingerprint density at radius 1 is 1.09 bits per heavy atom. The van der Waals surface area contributed by atoms with Crippen molar-refractivity contribution in [3.63, 3.8) is 0 Å². The van der Waals surface area contributed by atoms with E-state index in [1.165, 1.54) is 38.6 Å². The molecule has 1 unspecified atom stereocenters. The number of hydrogen-bond donors (Lipinski definition) is 2. The molecule has 2 aromatic heterocycles. The molecule has 0 bridgehead atoms. The van der Waals surface area contributed by atoms with Gasteiger partial charge in [-0.25, -0.2) is 4.39 Å². The maximum atomic E-state index is 13.1. The zero-order valence-corrected chi connectivity index (χ0v) is 21.6. The average Bonchev–Trinajstić information content (AvgIpc) is 3.44. The molecule has 0 aliphatic rings. The molecule has 34 heavy (non-hydrogen) atoms. The summed E-state index contributed by atoms with van der Waals surface area (Å²) in [5.41, 5.74) is 4.78. The molecule has 3 aromatic rings. The van der Waals surface area contributed by atoms with Crippen LogP contribution in [0.4, 0.5) is 4.39 Å². The van der Waals surface area contributed by atoms with Gasteiger partial charge in [-0.05, 0) is 91.9 Å². The van der Waals surface area contributed by atoms with E-state index in [0.29, 0.717) is 25.9 Å². The van der Waals surface area contributed by atoms with Crippen LogP contribution in [0.1, 0.15) is 39.3 Å². The molecule has 0 saturated heterocycles. The third kappa shape index (κ3) is 7.09. The van der Waals surface area contributed by atoms with Crippen molar-refractivity contribution in [1.82, 2.24) is 10.2 Å². The first-order chi connectivity index (χ1) is 16.4. The number of benzene rings is 1. The first kappa shape index (κ1) is 26.3. The summed E-state index contributed by atoms with van der Waals surface area (Å²) >= 11 is 3.52. The van der Waals surface area contributed by atoms with Crippen molar-refractivity contribution in [3.8, 4) is 0 Å². The van der Waals surface area contributed by atoms with Crippen LogP contribution >= 0.6 is 22.7 Å². The number of aliphatic hydroxyl groups is 1. The van der Waals surface area contributed by atoms with E-state index in [4.69, 9.17) is 0 Å². The van der Waals surface area contributed by atoms with Crippen LogP contribution in [0.5, 0.6) is 0 Å². The van der Waals surface area contributed by atoms with Crippen molar-refractivity contribution >= 4 is 34.2 Å². The second-order valence-corrected chi connectivity index (χ2v) is 10.3. The SMILES string of the molecule is Cc1ccsc1C(=CCCN(C)C(CCO)C(=O)NCCc1ccc(F)cc1)c1sccc1C. The zero-order valence-electron chi connectivity index (χ0n) is 20.0. The van der Waals surface area contributed by atoms with E-state index in [1.807, 2.05) is 11.9 Å². The van der Waals surface area contributed by atoms with E-state index < -0.39 is 6.04 Å². The molecule has 0 aliphatic heterocycles. The van der Waals surface area contributed by atoms with Gasteiger partial charge >= 0.3 is 0 Å². The Hall–Kier alpha value is -2.32. The number of hydrogen-bond acceptors (Lipinski definition) is 5. The number of halogens is 1. The molecule has 0 spiro atoms. The van der Waals surface area contributed by atoms with E-state index in [1.54, 1.807) is 34.8 Å². The lowest BCUT2D eigenvalue weighted by atomic mass is 10.0. The number of likely N-dealkylation sites (N-methyl/N-ethyl adjacent to an activating group) is 1. The Labute approximate surface area is 209 Å². The largest absolute Gasteiger partial charge is 0.396 e. The van der Waals surface area contributed by atoms with Gasteiger partial charge in [0.25, 0.3) is 0 Å². The molecule has 7 heteroatoms. The zero-order chi connectivity index (χ0) is 24.5. The third-order valence-corrected chi connectivity index (χ3v) is 8.01. The second-order valence-electron chi connectivity index (χ2n) is 8.45. The molecule has 1 atom stereocenters. The van der Waals surface area contributed by atoms with Gasteiger partial charge in [-0.15, -0.1) is 22.7 Å². The molecular formula is C27H33FN2O2S2. The van der Waals surface area contributed by atoms with Crippen LogP contribution in [-0.4, -0.2) is 48.7 Å². The summed E-state index contributed by atoms with van der Waals surface area (Å²) in [6.45, 7) is 5.41. The maximum Gasteiger partial charge on any atom is 0.237 e. The Kier molecular flexibility index (Phi) is 10.0. The first-order valence-electron chi connectivity index (χ1n) is 11.5. The minimum atomic E-state index is -0.401. The van der Waals surface area contributed by atoms with Gasteiger partial charge in [0.05, 0.1) is 6.04 Å². The summed E-state index contributed by atoms with van der Waals surface area (Å²) in [5.74, 6) is -0.357. The fourth-order valence-corrected chi connectivity index (χ4v) is 5.94. The normalized spacial score (nSPS) is 12.1. The smallest absolute Gasteiger partial charge is 0.237 e. The van der Waals surface area contributed by atoms with Crippen molar-refractivity contribution in [2.75, 3.05) is 26.7 Å². The highest BCUT2D eigenvalue weighted by Crippen LogP contribution is 2.35. The van der Waals surface area contributed by atoms with Gasteiger partial charge < -0.3 is 10.4 Å². The molecule has 0 fully saturated rings. The van der Waals surface area contributed by atoms with Gasteiger partial charge in [0, 0.05) is 35.0 Å².